The van der Waals surface area contributed by atoms with E-state index in [1.165, 1.54) is 12.1 Å². The number of carbonyl (C=O) groups is 1. The number of pyridine rings is 1. The summed E-state index contributed by atoms with van der Waals surface area (Å²) in [6, 6.07) is 9.27. The Hall–Kier alpha value is -2.47. The fraction of sp³-hybridized carbons (Fsp3) is 0.294. The number of nitrogens with one attached hydrogen (secondary N) is 2. The van der Waals surface area contributed by atoms with Crippen molar-refractivity contribution in [3.63, 3.8) is 0 Å². The van der Waals surface area contributed by atoms with Crippen molar-refractivity contribution < 1.29 is 14.3 Å². The van der Waals surface area contributed by atoms with Crippen molar-refractivity contribution in [2.45, 2.75) is 25.8 Å². The van der Waals surface area contributed by atoms with Gasteiger partial charge in [-0.15, -0.1) is 0 Å². The summed E-state index contributed by atoms with van der Waals surface area (Å²) in [7, 11) is 0. The maximum Gasteiger partial charge on any atom is 0.228 e. The number of aliphatic hydroxyl groups is 1. The molecule has 2 aromatic rings. The van der Waals surface area contributed by atoms with Crippen LogP contribution in [0.5, 0.6) is 0 Å². The van der Waals surface area contributed by atoms with Crippen LogP contribution in [0.2, 0.25) is 0 Å². The van der Waals surface area contributed by atoms with Crippen molar-refractivity contribution in [2.75, 3.05) is 17.2 Å². The highest BCUT2D eigenvalue weighted by Gasteiger charge is 2.16. The van der Waals surface area contributed by atoms with Gasteiger partial charge in [-0.05, 0) is 43.7 Å². The molecule has 0 fully saturated rings. The first-order valence-electron chi connectivity index (χ1n) is 7.27. The third-order valence-electron chi connectivity index (χ3n) is 3.19. The predicted molar refractivity (Wildman–Crippen MR) is 87.8 cm³/mol. The molecule has 0 aliphatic carbocycles. The molecule has 1 aromatic carbocycles. The van der Waals surface area contributed by atoms with Gasteiger partial charge in [-0.2, -0.15) is 0 Å². The minimum atomic E-state index is -0.472. The fourth-order valence-corrected chi connectivity index (χ4v) is 1.92. The minimum Gasteiger partial charge on any atom is -0.394 e. The Labute approximate surface area is 134 Å². The maximum absolute atomic E-state index is 12.8. The number of nitrogens with zero attached hydrogens (tertiary/aromatic N) is 1. The van der Waals surface area contributed by atoms with Crippen LogP contribution in [0.3, 0.4) is 0 Å². The molecule has 1 amide bonds. The summed E-state index contributed by atoms with van der Waals surface area (Å²) in [4.78, 5) is 16.1. The highest BCUT2D eigenvalue weighted by atomic mass is 19.1. The molecule has 0 aliphatic heterocycles. The number of halogens is 1. The van der Waals surface area contributed by atoms with Crippen LogP contribution in [0, 0.1) is 5.82 Å². The Morgan fingerprint density at radius 2 is 1.91 bits per heavy atom. The molecular weight excluding hydrogens is 297 g/mol. The van der Waals surface area contributed by atoms with E-state index in [1.54, 1.807) is 30.5 Å². The molecule has 0 aliphatic rings. The standard InChI is InChI=1S/C17H20FN3O2/c1-17(2,11-22)21-15-8-7-14(10-19-15)20-16(23)9-12-3-5-13(18)6-4-12/h3-8,10,22H,9,11H2,1-2H3,(H,19,21)(H,20,23). The zero-order valence-electron chi connectivity index (χ0n) is 13.1. The van der Waals surface area contributed by atoms with E-state index in [1.807, 2.05) is 13.8 Å². The number of anilines is 2. The highest BCUT2D eigenvalue weighted by Crippen LogP contribution is 2.15. The summed E-state index contributed by atoms with van der Waals surface area (Å²) < 4.78 is 12.8. The molecule has 0 radical (unpaired) electrons. The van der Waals surface area contributed by atoms with E-state index in [-0.39, 0.29) is 24.8 Å². The first kappa shape index (κ1) is 16.9. The first-order valence-corrected chi connectivity index (χ1v) is 7.27. The normalized spacial score (nSPS) is 11.1. The van der Waals surface area contributed by atoms with Crippen LogP contribution >= 0.6 is 0 Å². The first-order chi connectivity index (χ1) is 10.9. The van der Waals surface area contributed by atoms with E-state index in [0.29, 0.717) is 11.5 Å². The second-order valence-electron chi connectivity index (χ2n) is 5.95. The molecular formula is C17H20FN3O2. The van der Waals surface area contributed by atoms with Gasteiger partial charge in [0.1, 0.15) is 11.6 Å². The number of rotatable bonds is 6. The van der Waals surface area contributed by atoms with E-state index in [9.17, 15) is 14.3 Å². The van der Waals surface area contributed by atoms with Gasteiger partial charge in [-0.25, -0.2) is 9.37 Å². The summed E-state index contributed by atoms with van der Waals surface area (Å²) in [5.41, 5.74) is 0.838. The van der Waals surface area contributed by atoms with Gasteiger partial charge in [0.15, 0.2) is 0 Å². The van der Waals surface area contributed by atoms with Gasteiger partial charge in [0.05, 0.1) is 30.5 Å². The summed E-state index contributed by atoms with van der Waals surface area (Å²) in [6.07, 6.45) is 1.70. The molecule has 2 rings (SSSR count). The largest absolute Gasteiger partial charge is 0.394 e. The predicted octanol–water partition coefficient (Wildman–Crippen LogP) is 2.58. The summed E-state index contributed by atoms with van der Waals surface area (Å²) in [5, 5.41) is 15.0. The Bertz CT molecular complexity index is 655. The Morgan fingerprint density at radius 3 is 2.48 bits per heavy atom. The Morgan fingerprint density at radius 1 is 1.22 bits per heavy atom. The zero-order valence-corrected chi connectivity index (χ0v) is 13.1. The summed E-state index contributed by atoms with van der Waals surface area (Å²) in [5.74, 6) is 0.0858. The molecule has 1 aromatic heterocycles. The average Bonchev–Trinajstić information content (AvgIpc) is 2.51. The lowest BCUT2D eigenvalue weighted by Gasteiger charge is -2.24. The second kappa shape index (κ2) is 7.19. The van der Waals surface area contributed by atoms with Gasteiger partial charge in [0.2, 0.25) is 5.91 Å². The van der Waals surface area contributed by atoms with E-state index in [0.717, 1.165) is 5.56 Å². The molecule has 122 valence electrons. The van der Waals surface area contributed by atoms with Crippen LogP contribution in [0.25, 0.3) is 0 Å². The number of hydrogen-bond acceptors (Lipinski definition) is 4. The Kier molecular flexibility index (Phi) is 5.28. The number of aromatic nitrogens is 1. The maximum atomic E-state index is 12.8. The van der Waals surface area contributed by atoms with Gasteiger partial charge in [0.25, 0.3) is 0 Å². The van der Waals surface area contributed by atoms with Crippen molar-refractivity contribution >= 4 is 17.4 Å². The topological polar surface area (TPSA) is 74.2 Å². The molecule has 0 spiro atoms. The molecule has 0 saturated carbocycles. The van der Waals surface area contributed by atoms with Crippen molar-refractivity contribution in [2.24, 2.45) is 0 Å². The molecule has 0 atom stereocenters. The fourth-order valence-electron chi connectivity index (χ4n) is 1.92. The zero-order chi connectivity index (χ0) is 16.9. The molecule has 6 heteroatoms. The van der Waals surface area contributed by atoms with Crippen molar-refractivity contribution in [3.05, 3.63) is 54.0 Å². The number of amides is 1. The third kappa shape index (κ3) is 5.34. The van der Waals surface area contributed by atoms with E-state index < -0.39 is 5.54 Å². The number of carbonyl (C=O) groups excluding carboxylic acids is 1. The SMILES string of the molecule is CC(C)(CO)Nc1ccc(NC(=O)Cc2ccc(F)cc2)cn1. The van der Waals surface area contributed by atoms with Gasteiger partial charge in [-0.3, -0.25) is 4.79 Å². The molecule has 23 heavy (non-hydrogen) atoms. The van der Waals surface area contributed by atoms with E-state index in [2.05, 4.69) is 15.6 Å². The monoisotopic (exact) mass is 317 g/mol. The van der Waals surface area contributed by atoms with E-state index >= 15 is 0 Å². The van der Waals surface area contributed by atoms with E-state index in [4.69, 9.17) is 0 Å². The average molecular weight is 317 g/mol. The molecule has 0 bridgehead atoms. The van der Waals surface area contributed by atoms with Crippen molar-refractivity contribution in [3.8, 4) is 0 Å². The minimum absolute atomic E-state index is 0.0230. The quantitative estimate of drug-likeness (QED) is 0.765. The van der Waals surface area contributed by atoms with Gasteiger partial charge in [-0.1, -0.05) is 12.1 Å². The smallest absolute Gasteiger partial charge is 0.228 e. The van der Waals surface area contributed by atoms with Crippen LogP contribution in [-0.2, 0) is 11.2 Å². The number of benzene rings is 1. The van der Waals surface area contributed by atoms with Crippen LogP contribution in [0.15, 0.2) is 42.6 Å². The van der Waals surface area contributed by atoms with Crippen molar-refractivity contribution in [1.29, 1.82) is 0 Å². The third-order valence-corrected chi connectivity index (χ3v) is 3.19. The molecule has 0 saturated heterocycles. The summed E-state index contributed by atoms with van der Waals surface area (Å²) >= 11 is 0. The second-order valence-corrected chi connectivity index (χ2v) is 5.95. The lowest BCUT2D eigenvalue weighted by molar-refractivity contribution is -0.115. The lowest BCUT2D eigenvalue weighted by atomic mass is 10.1. The van der Waals surface area contributed by atoms with Crippen LogP contribution in [0.4, 0.5) is 15.9 Å². The van der Waals surface area contributed by atoms with Gasteiger partial charge < -0.3 is 15.7 Å². The van der Waals surface area contributed by atoms with Gasteiger partial charge >= 0.3 is 0 Å². The van der Waals surface area contributed by atoms with Crippen LogP contribution in [0.1, 0.15) is 19.4 Å². The van der Waals surface area contributed by atoms with Crippen molar-refractivity contribution in [1.82, 2.24) is 4.98 Å². The lowest BCUT2D eigenvalue weighted by Crippen LogP contribution is -2.35. The highest BCUT2D eigenvalue weighted by molar-refractivity contribution is 5.92. The number of aliphatic hydroxyl groups excluding tert-OH is 1. The molecule has 5 nitrogen and oxygen atoms in total. The van der Waals surface area contributed by atoms with Crippen LogP contribution < -0.4 is 10.6 Å². The summed E-state index contributed by atoms with van der Waals surface area (Å²) in [6.45, 7) is 3.69. The van der Waals surface area contributed by atoms with Gasteiger partial charge in [0, 0.05) is 0 Å². The molecule has 0 unspecified atom stereocenters. The Balaban J connectivity index is 1.92. The number of hydrogen-bond donors (Lipinski definition) is 3. The molecule has 1 heterocycles. The molecule has 3 N–H and O–H groups in total. The van der Waals surface area contributed by atoms with Crippen LogP contribution in [-0.4, -0.2) is 28.1 Å².